The monoisotopic (exact) mass is 1090 g/mol. The Labute approximate surface area is 472 Å². The number of rotatable bonds is 57. The van der Waals surface area contributed by atoms with Gasteiger partial charge in [0, 0.05) is 19.4 Å². The number of phosphoric acid groups is 1. The summed E-state index contributed by atoms with van der Waals surface area (Å²) in [6.07, 6.45) is 85.7. The van der Waals surface area contributed by atoms with Gasteiger partial charge in [-0.1, -0.05) is 264 Å². The molecule has 9 nitrogen and oxygen atoms in total. The first kappa shape index (κ1) is 73.4. The summed E-state index contributed by atoms with van der Waals surface area (Å²) in [6, 6.07) is 0. The van der Waals surface area contributed by atoms with Crippen LogP contribution in [0.5, 0.6) is 0 Å². The molecule has 0 aromatic heterocycles. The van der Waals surface area contributed by atoms with Crippen molar-refractivity contribution >= 4 is 19.8 Å². The highest BCUT2D eigenvalue weighted by Crippen LogP contribution is 2.43. The number of nitrogens with two attached hydrogens (primary N) is 1. The molecular weight excluding hydrogens is 978 g/mol. The van der Waals surface area contributed by atoms with Gasteiger partial charge in [0.15, 0.2) is 6.10 Å². The summed E-state index contributed by atoms with van der Waals surface area (Å²) in [5, 5.41) is 0. The number of allylic oxidation sites excluding steroid dienone is 20. The molecule has 77 heavy (non-hydrogen) atoms. The molecule has 440 valence electrons. The zero-order valence-electron chi connectivity index (χ0n) is 49.2. The summed E-state index contributed by atoms with van der Waals surface area (Å²) in [4.78, 5) is 35.2. The molecule has 0 aliphatic carbocycles. The second kappa shape index (κ2) is 61.6. The standard InChI is InChI=1S/C67H114NO8P/c1-3-5-7-9-11-13-15-17-19-21-23-24-25-26-27-28-29-30-31-32-33-34-35-36-37-38-39-40-42-44-46-48-50-52-54-56-58-60-67(70)76-65(64-75-77(71,72)74-62-61-68)63-73-66(69)59-57-55-53-51-49-47-45-43-41-22-20-18-16-14-12-10-8-6-4-2/h5-8,11-14,17-20,23-24,26-27,41,43,47,49,65H,3-4,9-10,15-16,21-22,25,28-40,42,44-46,48,50-64,68H2,1-2H3,(H,71,72)/b7-5-,8-6-,13-11-,14-12-,19-17-,20-18-,24-23-,27-26-,43-41-,49-47-. The largest absolute Gasteiger partial charge is 0.472 e. The molecule has 0 spiro atoms. The molecule has 0 bridgehead atoms. The molecule has 0 saturated heterocycles. The van der Waals surface area contributed by atoms with Crippen molar-refractivity contribution in [2.75, 3.05) is 26.4 Å². The van der Waals surface area contributed by atoms with E-state index in [1.54, 1.807) is 0 Å². The Bertz CT molecular complexity index is 1670. The third-order valence-corrected chi connectivity index (χ3v) is 13.8. The number of hydrogen-bond acceptors (Lipinski definition) is 8. The molecule has 2 unspecified atom stereocenters. The maximum absolute atomic E-state index is 12.7. The number of phosphoric ester groups is 1. The van der Waals surface area contributed by atoms with Crippen molar-refractivity contribution < 1.29 is 37.6 Å². The SMILES string of the molecule is CC/C=C\C/C=C\C/C=C\C/C=C\C/C=C\CCCCCCCCCCCCCCCCCCCCCCCC(=O)OC(COC(=O)CCCCC/C=C\C/C=C\C/C=C\C/C=C\C/C=C\CC)COP(=O)(O)OCCN. The average molecular weight is 1090 g/mol. The van der Waals surface area contributed by atoms with E-state index in [0.29, 0.717) is 12.8 Å². The number of hydrogen-bond donors (Lipinski definition) is 2. The molecule has 0 amide bonds. The molecule has 0 aliphatic rings. The number of carbonyl (C=O) groups is 2. The first-order chi connectivity index (χ1) is 37.8. The lowest BCUT2D eigenvalue weighted by Gasteiger charge is -2.19. The van der Waals surface area contributed by atoms with Gasteiger partial charge in [0.1, 0.15) is 6.61 Å². The van der Waals surface area contributed by atoms with E-state index in [1.807, 2.05) is 0 Å². The Morgan fingerprint density at radius 3 is 1.01 bits per heavy atom. The van der Waals surface area contributed by atoms with Crippen LogP contribution in [-0.2, 0) is 32.7 Å². The van der Waals surface area contributed by atoms with Gasteiger partial charge >= 0.3 is 19.8 Å². The van der Waals surface area contributed by atoms with Gasteiger partial charge in [-0.25, -0.2) is 4.57 Å². The van der Waals surface area contributed by atoms with Crippen molar-refractivity contribution in [1.29, 1.82) is 0 Å². The van der Waals surface area contributed by atoms with Gasteiger partial charge in [-0.3, -0.25) is 18.6 Å². The fraction of sp³-hybridized carbons (Fsp3) is 0.672. The molecule has 0 aromatic carbocycles. The fourth-order valence-corrected chi connectivity index (χ4v) is 9.10. The first-order valence-electron chi connectivity index (χ1n) is 31.0. The highest BCUT2D eigenvalue weighted by molar-refractivity contribution is 7.47. The van der Waals surface area contributed by atoms with Crippen molar-refractivity contribution in [3.63, 3.8) is 0 Å². The average Bonchev–Trinajstić information content (AvgIpc) is 3.42. The number of carbonyl (C=O) groups excluding carboxylic acids is 2. The van der Waals surface area contributed by atoms with Gasteiger partial charge in [0.05, 0.1) is 13.2 Å². The Balaban J connectivity index is 3.90. The molecule has 2 atom stereocenters. The molecule has 10 heteroatoms. The molecule has 0 heterocycles. The van der Waals surface area contributed by atoms with Crippen LogP contribution in [0.2, 0.25) is 0 Å². The number of esters is 2. The van der Waals surface area contributed by atoms with Gasteiger partial charge in [0.2, 0.25) is 0 Å². The van der Waals surface area contributed by atoms with E-state index < -0.39 is 32.5 Å². The van der Waals surface area contributed by atoms with Gasteiger partial charge in [0.25, 0.3) is 0 Å². The lowest BCUT2D eigenvalue weighted by atomic mass is 10.0. The van der Waals surface area contributed by atoms with Crippen LogP contribution in [0.15, 0.2) is 122 Å². The second-order valence-electron chi connectivity index (χ2n) is 20.2. The minimum absolute atomic E-state index is 0.0443. The summed E-state index contributed by atoms with van der Waals surface area (Å²) in [5.41, 5.74) is 5.38. The van der Waals surface area contributed by atoms with E-state index in [-0.39, 0.29) is 32.6 Å². The van der Waals surface area contributed by atoms with Gasteiger partial charge in [-0.15, -0.1) is 0 Å². The first-order valence-corrected chi connectivity index (χ1v) is 32.5. The van der Waals surface area contributed by atoms with Crippen LogP contribution in [0.25, 0.3) is 0 Å². The van der Waals surface area contributed by atoms with Crippen molar-refractivity contribution in [2.24, 2.45) is 5.73 Å². The quantitative estimate of drug-likeness (QED) is 0.0264. The Kier molecular flexibility index (Phi) is 58.7. The molecule has 0 aromatic rings. The molecular formula is C67H114NO8P. The molecule has 0 aliphatic heterocycles. The molecule has 0 rings (SSSR count). The third-order valence-electron chi connectivity index (χ3n) is 12.8. The summed E-state index contributed by atoms with van der Waals surface area (Å²) in [6.45, 7) is 3.48. The third kappa shape index (κ3) is 61.5. The van der Waals surface area contributed by atoms with Crippen LogP contribution in [0, 0.1) is 0 Å². The predicted octanol–water partition coefficient (Wildman–Crippen LogP) is 20.0. The fourth-order valence-electron chi connectivity index (χ4n) is 8.34. The van der Waals surface area contributed by atoms with Gasteiger partial charge in [-0.2, -0.15) is 0 Å². The van der Waals surface area contributed by atoms with E-state index >= 15 is 0 Å². The van der Waals surface area contributed by atoms with Crippen LogP contribution in [-0.4, -0.2) is 49.3 Å². The van der Waals surface area contributed by atoms with Gasteiger partial charge in [-0.05, 0) is 103 Å². The highest BCUT2D eigenvalue weighted by atomic mass is 31.2. The van der Waals surface area contributed by atoms with Crippen molar-refractivity contribution in [2.45, 2.75) is 264 Å². The normalized spacial score (nSPS) is 13.9. The van der Waals surface area contributed by atoms with Crippen LogP contribution < -0.4 is 5.73 Å². The maximum Gasteiger partial charge on any atom is 0.472 e. The Morgan fingerprint density at radius 1 is 0.390 bits per heavy atom. The van der Waals surface area contributed by atoms with Crippen LogP contribution in [0.1, 0.15) is 258 Å². The minimum Gasteiger partial charge on any atom is -0.462 e. The van der Waals surface area contributed by atoms with Crippen LogP contribution in [0.4, 0.5) is 0 Å². The summed E-state index contributed by atoms with van der Waals surface area (Å²) in [5.74, 6) is -0.865. The van der Waals surface area contributed by atoms with E-state index in [1.165, 1.54) is 116 Å². The topological polar surface area (TPSA) is 134 Å². The Morgan fingerprint density at radius 2 is 0.675 bits per heavy atom. The lowest BCUT2D eigenvalue weighted by molar-refractivity contribution is -0.161. The van der Waals surface area contributed by atoms with Gasteiger partial charge < -0.3 is 20.1 Å². The zero-order valence-corrected chi connectivity index (χ0v) is 50.0. The van der Waals surface area contributed by atoms with Crippen LogP contribution >= 0.6 is 7.82 Å². The summed E-state index contributed by atoms with van der Waals surface area (Å²) >= 11 is 0. The predicted molar refractivity (Wildman–Crippen MR) is 330 cm³/mol. The van der Waals surface area contributed by atoms with E-state index in [0.717, 1.165) is 103 Å². The number of unbranched alkanes of at least 4 members (excludes halogenated alkanes) is 24. The zero-order chi connectivity index (χ0) is 55.9. The lowest BCUT2D eigenvalue weighted by Crippen LogP contribution is -2.29. The molecule has 0 fully saturated rings. The summed E-state index contributed by atoms with van der Waals surface area (Å²) < 4.78 is 33.0. The van der Waals surface area contributed by atoms with Crippen molar-refractivity contribution in [1.82, 2.24) is 0 Å². The minimum atomic E-state index is -4.40. The van der Waals surface area contributed by atoms with E-state index in [2.05, 4.69) is 135 Å². The van der Waals surface area contributed by atoms with Crippen LogP contribution in [0.3, 0.4) is 0 Å². The summed E-state index contributed by atoms with van der Waals surface area (Å²) in [7, 11) is -4.40. The van der Waals surface area contributed by atoms with Crippen molar-refractivity contribution in [3.8, 4) is 0 Å². The molecule has 0 radical (unpaired) electrons. The maximum atomic E-state index is 12.7. The van der Waals surface area contributed by atoms with Crippen molar-refractivity contribution in [3.05, 3.63) is 122 Å². The molecule has 3 N–H and O–H groups in total. The van der Waals surface area contributed by atoms with E-state index in [9.17, 15) is 19.0 Å². The molecule has 0 saturated carbocycles. The number of ether oxygens (including phenoxy) is 2. The Hall–Kier alpha value is -3.59. The van der Waals surface area contributed by atoms with E-state index in [4.69, 9.17) is 24.3 Å². The second-order valence-corrected chi connectivity index (χ2v) is 21.6. The highest BCUT2D eigenvalue weighted by Gasteiger charge is 2.26. The smallest absolute Gasteiger partial charge is 0.462 e.